The molecule has 0 aromatic heterocycles. The number of carbonyl (C=O) groups excluding carboxylic acids is 1. The van der Waals surface area contributed by atoms with Gasteiger partial charge in [-0.3, -0.25) is 4.79 Å². The zero-order valence-electron chi connectivity index (χ0n) is 15.6. The molecule has 1 aromatic carbocycles. The minimum absolute atomic E-state index is 0.0798. The molecule has 0 saturated carbocycles. The molecule has 0 fully saturated rings. The van der Waals surface area contributed by atoms with Gasteiger partial charge in [-0.1, -0.05) is 0 Å². The van der Waals surface area contributed by atoms with E-state index in [-0.39, 0.29) is 5.78 Å². The number of Topliss-reactive ketones (excluding diaryl/α,β-unsaturated/α-hetero) is 1. The fraction of sp³-hybridized carbons (Fsp3) is 0.400. The van der Waals surface area contributed by atoms with Gasteiger partial charge in [0.1, 0.15) is 5.82 Å². The molecule has 7 heteroatoms. The van der Waals surface area contributed by atoms with Gasteiger partial charge in [-0.15, -0.1) is 0 Å². The van der Waals surface area contributed by atoms with Crippen molar-refractivity contribution in [3.63, 3.8) is 0 Å². The molecule has 1 aliphatic carbocycles. The second kappa shape index (κ2) is 7.80. The molecular formula is C20H22IN3O3. The van der Waals surface area contributed by atoms with Crippen LogP contribution in [-0.2, 0) is 4.79 Å². The van der Waals surface area contributed by atoms with Crippen LogP contribution >= 0.6 is 22.6 Å². The van der Waals surface area contributed by atoms with Gasteiger partial charge in [-0.05, 0) is 60.1 Å². The summed E-state index contributed by atoms with van der Waals surface area (Å²) in [5.74, 6) is 1.25. The highest BCUT2D eigenvalue weighted by atomic mass is 127. The number of methoxy groups -OCH3 is 1. The fourth-order valence-corrected chi connectivity index (χ4v) is 4.57. The molecule has 0 unspecified atom stereocenters. The Labute approximate surface area is 172 Å². The summed E-state index contributed by atoms with van der Waals surface area (Å²) in [5.41, 5.74) is 9.08. The van der Waals surface area contributed by atoms with E-state index in [1.807, 2.05) is 26.1 Å². The number of halogens is 1. The van der Waals surface area contributed by atoms with Gasteiger partial charge in [0.2, 0.25) is 0 Å². The number of nitrogens with two attached hydrogens (primary N) is 1. The molecule has 3 rings (SSSR count). The van der Waals surface area contributed by atoms with Gasteiger partial charge in [0.25, 0.3) is 0 Å². The molecule has 27 heavy (non-hydrogen) atoms. The standard InChI is InChI=1S/C20H22IN3O3/c1-4-27-19-13(21)8-11(9-16(19)26-3)17-12(10-22)20(23)24(2)14-6-5-7-15(25)18(14)17/h8-9,17H,4-7,23H2,1-3H3/t17-/m1/s1. The summed E-state index contributed by atoms with van der Waals surface area (Å²) in [6.45, 7) is 2.43. The molecule has 0 radical (unpaired) electrons. The largest absolute Gasteiger partial charge is 0.493 e. The van der Waals surface area contributed by atoms with Gasteiger partial charge in [0.05, 0.1) is 34.8 Å². The maximum absolute atomic E-state index is 12.8. The van der Waals surface area contributed by atoms with Crippen LogP contribution in [0.25, 0.3) is 0 Å². The Bertz CT molecular complexity index is 898. The lowest BCUT2D eigenvalue weighted by atomic mass is 9.76. The predicted molar refractivity (Wildman–Crippen MR) is 110 cm³/mol. The lowest BCUT2D eigenvalue weighted by molar-refractivity contribution is -0.116. The Kier molecular flexibility index (Phi) is 5.65. The monoisotopic (exact) mass is 479 g/mol. The van der Waals surface area contributed by atoms with Gasteiger partial charge >= 0.3 is 0 Å². The van der Waals surface area contributed by atoms with Crippen LogP contribution in [0.5, 0.6) is 11.5 Å². The summed E-state index contributed by atoms with van der Waals surface area (Å²) >= 11 is 2.19. The summed E-state index contributed by atoms with van der Waals surface area (Å²) in [4.78, 5) is 14.6. The highest BCUT2D eigenvalue weighted by Crippen LogP contribution is 2.46. The summed E-state index contributed by atoms with van der Waals surface area (Å²) in [7, 11) is 3.40. The van der Waals surface area contributed by atoms with Gasteiger partial charge < -0.3 is 20.1 Å². The van der Waals surface area contributed by atoms with Crippen molar-refractivity contribution in [1.29, 1.82) is 5.26 Å². The Morgan fingerprint density at radius 1 is 1.41 bits per heavy atom. The van der Waals surface area contributed by atoms with Gasteiger partial charge in [-0.25, -0.2) is 0 Å². The van der Waals surface area contributed by atoms with Crippen LogP contribution in [0.4, 0.5) is 0 Å². The van der Waals surface area contributed by atoms with Crippen molar-refractivity contribution in [2.75, 3.05) is 20.8 Å². The Hall–Kier alpha value is -2.21. The molecule has 1 aromatic rings. The van der Waals surface area contributed by atoms with E-state index >= 15 is 0 Å². The SMILES string of the molecule is CCOc1c(I)cc([C@@H]2C(C#N)=C(N)N(C)C3=C2C(=O)CCC3)cc1OC. The first-order valence-electron chi connectivity index (χ1n) is 8.84. The Morgan fingerprint density at radius 2 is 2.15 bits per heavy atom. The fourth-order valence-electron chi connectivity index (χ4n) is 3.79. The summed E-state index contributed by atoms with van der Waals surface area (Å²) in [6, 6.07) is 6.03. The average molecular weight is 479 g/mol. The molecule has 1 heterocycles. The van der Waals surface area contributed by atoms with E-state index in [0.29, 0.717) is 41.5 Å². The number of carbonyl (C=O) groups is 1. The third-order valence-electron chi connectivity index (χ3n) is 5.04. The highest BCUT2D eigenvalue weighted by molar-refractivity contribution is 14.1. The summed E-state index contributed by atoms with van der Waals surface area (Å²) < 4.78 is 12.1. The van der Waals surface area contributed by atoms with Gasteiger partial charge in [-0.2, -0.15) is 5.26 Å². The summed E-state index contributed by atoms with van der Waals surface area (Å²) in [5, 5.41) is 9.82. The lowest BCUT2D eigenvalue weighted by Gasteiger charge is -2.37. The highest BCUT2D eigenvalue weighted by Gasteiger charge is 2.39. The maximum atomic E-state index is 12.8. The van der Waals surface area contributed by atoms with Crippen molar-refractivity contribution < 1.29 is 14.3 Å². The second-order valence-corrected chi connectivity index (χ2v) is 7.67. The number of hydrogen-bond donors (Lipinski definition) is 1. The first kappa shape index (κ1) is 19.5. The van der Waals surface area contributed by atoms with Crippen molar-refractivity contribution in [3.05, 3.63) is 43.9 Å². The Balaban J connectivity index is 2.24. The van der Waals surface area contributed by atoms with E-state index in [4.69, 9.17) is 15.2 Å². The number of nitriles is 1. The van der Waals surface area contributed by atoms with Crippen molar-refractivity contribution in [3.8, 4) is 17.6 Å². The van der Waals surface area contributed by atoms with E-state index < -0.39 is 5.92 Å². The van der Waals surface area contributed by atoms with Crippen molar-refractivity contribution in [2.24, 2.45) is 5.73 Å². The molecule has 2 N–H and O–H groups in total. The molecular weight excluding hydrogens is 457 g/mol. The first-order chi connectivity index (χ1) is 12.9. The smallest absolute Gasteiger partial charge is 0.174 e. The van der Waals surface area contributed by atoms with Crippen LogP contribution in [0.3, 0.4) is 0 Å². The number of hydrogen-bond acceptors (Lipinski definition) is 6. The molecule has 0 bridgehead atoms. The number of rotatable bonds is 4. The lowest BCUT2D eigenvalue weighted by Crippen LogP contribution is -2.36. The number of ether oxygens (including phenoxy) is 2. The quantitative estimate of drug-likeness (QED) is 0.666. The van der Waals surface area contributed by atoms with Crippen molar-refractivity contribution in [2.45, 2.75) is 32.1 Å². The van der Waals surface area contributed by atoms with Crippen LogP contribution in [0.1, 0.15) is 37.7 Å². The molecule has 0 amide bonds. The predicted octanol–water partition coefficient (Wildman–Crippen LogP) is 3.43. The zero-order chi connectivity index (χ0) is 19.7. The third-order valence-corrected chi connectivity index (χ3v) is 5.84. The van der Waals surface area contributed by atoms with Crippen LogP contribution in [0.15, 0.2) is 34.8 Å². The number of benzene rings is 1. The molecule has 6 nitrogen and oxygen atoms in total. The minimum atomic E-state index is -0.480. The van der Waals surface area contributed by atoms with E-state index in [2.05, 4.69) is 28.7 Å². The van der Waals surface area contributed by atoms with Crippen LogP contribution in [0.2, 0.25) is 0 Å². The topological polar surface area (TPSA) is 88.6 Å². The number of allylic oxidation sites excluding steroid dienone is 3. The molecule has 1 aliphatic heterocycles. The molecule has 142 valence electrons. The second-order valence-electron chi connectivity index (χ2n) is 6.51. The zero-order valence-corrected chi connectivity index (χ0v) is 17.8. The van der Waals surface area contributed by atoms with E-state index in [1.165, 1.54) is 0 Å². The van der Waals surface area contributed by atoms with Crippen LogP contribution in [0, 0.1) is 14.9 Å². The van der Waals surface area contributed by atoms with Crippen molar-refractivity contribution >= 4 is 28.4 Å². The summed E-state index contributed by atoms with van der Waals surface area (Å²) in [6.07, 6.45) is 2.07. The molecule has 1 atom stereocenters. The average Bonchev–Trinajstić information content (AvgIpc) is 2.66. The van der Waals surface area contributed by atoms with E-state index in [1.54, 1.807) is 12.0 Å². The van der Waals surface area contributed by atoms with E-state index in [9.17, 15) is 10.1 Å². The normalized spacial score (nSPS) is 19.7. The van der Waals surface area contributed by atoms with Gasteiger partial charge in [0.15, 0.2) is 17.3 Å². The number of nitrogens with zero attached hydrogens (tertiary/aromatic N) is 2. The van der Waals surface area contributed by atoms with Crippen LogP contribution in [-0.4, -0.2) is 31.4 Å². The molecule has 0 saturated heterocycles. The molecule has 2 aliphatic rings. The molecule has 0 spiro atoms. The van der Waals surface area contributed by atoms with Crippen molar-refractivity contribution in [1.82, 2.24) is 4.90 Å². The van der Waals surface area contributed by atoms with Crippen LogP contribution < -0.4 is 15.2 Å². The van der Waals surface area contributed by atoms with Gasteiger partial charge in [0, 0.05) is 24.7 Å². The minimum Gasteiger partial charge on any atom is -0.493 e. The third kappa shape index (κ3) is 3.27. The first-order valence-corrected chi connectivity index (χ1v) is 9.92. The number of ketones is 1. The van der Waals surface area contributed by atoms with E-state index in [0.717, 1.165) is 27.7 Å². The Morgan fingerprint density at radius 3 is 2.78 bits per heavy atom. The maximum Gasteiger partial charge on any atom is 0.174 e.